The van der Waals surface area contributed by atoms with E-state index in [0.717, 1.165) is 48.6 Å². The first-order valence-corrected chi connectivity index (χ1v) is 7.80. The number of benzene rings is 1. The maximum atomic E-state index is 8.85. The smallest absolute Gasteiger partial charge is 0.200 e. The fourth-order valence-electron chi connectivity index (χ4n) is 3.12. The SMILES string of the molecule is N#Cc1ccc(N2CCCC(c3nc4ccccc4o3)C2)cn1. The number of nitriles is 1. The Morgan fingerprint density at radius 3 is 2.91 bits per heavy atom. The average molecular weight is 304 g/mol. The summed E-state index contributed by atoms with van der Waals surface area (Å²) in [6, 6.07) is 13.6. The van der Waals surface area contributed by atoms with E-state index in [4.69, 9.17) is 9.68 Å². The average Bonchev–Trinajstić information content (AvgIpc) is 3.06. The van der Waals surface area contributed by atoms with Crippen molar-refractivity contribution in [2.24, 2.45) is 0 Å². The summed E-state index contributed by atoms with van der Waals surface area (Å²) in [7, 11) is 0. The Balaban J connectivity index is 1.57. The molecule has 3 aromatic rings. The number of aromatic nitrogens is 2. The molecule has 5 nitrogen and oxygen atoms in total. The fourth-order valence-corrected chi connectivity index (χ4v) is 3.12. The number of hydrogen-bond acceptors (Lipinski definition) is 5. The zero-order valence-electron chi connectivity index (χ0n) is 12.6. The van der Waals surface area contributed by atoms with Crippen LogP contribution in [0.25, 0.3) is 11.1 Å². The van der Waals surface area contributed by atoms with Crippen molar-refractivity contribution in [2.75, 3.05) is 18.0 Å². The summed E-state index contributed by atoms with van der Waals surface area (Å²) in [6.07, 6.45) is 3.93. The Morgan fingerprint density at radius 2 is 2.13 bits per heavy atom. The van der Waals surface area contributed by atoms with Crippen LogP contribution < -0.4 is 4.90 Å². The zero-order valence-corrected chi connectivity index (χ0v) is 12.6. The van der Waals surface area contributed by atoms with Crippen LogP contribution in [0, 0.1) is 11.3 Å². The molecule has 0 aliphatic carbocycles. The highest BCUT2D eigenvalue weighted by atomic mass is 16.3. The molecule has 1 fully saturated rings. The monoisotopic (exact) mass is 304 g/mol. The van der Waals surface area contributed by atoms with E-state index in [1.165, 1.54) is 0 Å². The molecule has 4 rings (SSSR count). The van der Waals surface area contributed by atoms with Crippen molar-refractivity contribution < 1.29 is 4.42 Å². The van der Waals surface area contributed by atoms with Crippen LogP contribution in [0.3, 0.4) is 0 Å². The molecule has 0 N–H and O–H groups in total. The molecule has 5 heteroatoms. The van der Waals surface area contributed by atoms with E-state index in [2.05, 4.69) is 20.9 Å². The lowest BCUT2D eigenvalue weighted by atomic mass is 9.97. The van der Waals surface area contributed by atoms with Crippen LogP contribution in [0.2, 0.25) is 0 Å². The molecule has 0 saturated carbocycles. The molecular weight excluding hydrogens is 288 g/mol. The number of oxazole rings is 1. The lowest BCUT2D eigenvalue weighted by Crippen LogP contribution is -2.34. The van der Waals surface area contributed by atoms with E-state index in [0.29, 0.717) is 5.69 Å². The number of pyridine rings is 1. The zero-order chi connectivity index (χ0) is 15.6. The number of piperidine rings is 1. The number of anilines is 1. The van der Waals surface area contributed by atoms with Gasteiger partial charge in [-0.1, -0.05) is 12.1 Å². The summed E-state index contributed by atoms with van der Waals surface area (Å²) >= 11 is 0. The van der Waals surface area contributed by atoms with Crippen LogP contribution in [0.4, 0.5) is 5.69 Å². The van der Waals surface area contributed by atoms with Gasteiger partial charge in [-0.05, 0) is 37.1 Å². The Bertz CT molecular complexity index is 830. The molecule has 114 valence electrons. The summed E-state index contributed by atoms with van der Waals surface area (Å²) in [5, 5.41) is 8.85. The standard InChI is InChI=1S/C18H16N4O/c19-10-14-7-8-15(11-20-14)22-9-3-4-13(12-22)18-21-16-5-1-2-6-17(16)23-18/h1-2,5-8,11,13H,3-4,9,12H2. The summed E-state index contributed by atoms with van der Waals surface area (Å²) in [5.41, 5.74) is 3.25. The molecule has 3 heterocycles. The first kappa shape index (κ1) is 13.8. The number of hydrogen-bond donors (Lipinski definition) is 0. The first-order chi connectivity index (χ1) is 11.3. The molecule has 0 spiro atoms. The second-order valence-corrected chi connectivity index (χ2v) is 5.82. The van der Waals surface area contributed by atoms with Gasteiger partial charge in [0.25, 0.3) is 0 Å². The molecular formula is C18H16N4O. The predicted molar refractivity (Wildman–Crippen MR) is 87.1 cm³/mol. The predicted octanol–water partition coefficient (Wildman–Crippen LogP) is 3.48. The summed E-state index contributed by atoms with van der Waals surface area (Å²) in [4.78, 5) is 11.1. The quantitative estimate of drug-likeness (QED) is 0.725. The summed E-state index contributed by atoms with van der Waals surface area (Å²) < 4.78 is 5.93. The Labute approximate surface area is 134 Å². The lowest BCUT2D eigenvalue weighted by Gasteiger charge is -2.32. The number of rotatable bonds is 2. The largest absolute Gasteiger partial charge is 0.440 e. The number of nitrogens with zero attached hydrogens (tertiary/aromatic N) is 4. The maximum absolute atomic E-state index is 8.85. The van der Waals surface area contributed by atoms with Gasteiger partial charge in [-0.15, -0.1) is 0 Å². The minimum atomic E-state index is 0.284. The van der Waals surface area contributed by atoms with Crippen molar-refractivity contribution in [3.8, 4) is 6.07 Å². The van der Waals surface area contributed by atoms with Gasteiger partial charge < -0.3 is 9.32 Å². The molecule has 2 aromatic heterocycles. The fraction of sp³-hybridized carbons (Fsp3) is 0.278. The van der Waals surface area contributed by atoms with Gasteiger partial charge in [-0.2, -0.15) is 5.26 Å². The Hall–Kier alpha value is -2.87. The van der Waals surface area contributed by atoms with E-state index < -0.39 is 0 Å². The topological polar surface area (TPSA) is 66.0 Å². The Kier molecular flexibility index (Phi) is 3.43. The molecule has 0 bridgehead atoms. The minimum Gasteiger partial charge on any atom is -0.440 e. The highest BCUT2D eigenvalue weighted by Crippen LogP contribution is 2.31. The Morgan fingerprint density at radius 1 is 1.22 bits per heavy atom. The van der Waals surface area contributed by atoms with Gasteiger partial charge in [0.15, 0.2) is 11.5 Å². The van der Waals surface area contributed by atoms with Crippen molar-refractivity contribution in [2.45, 2.75) is 18.8 Å². The van der Waals surface area contributed by atoms with E-state index in [-0.39, 0.29) is 5.92 Å². The van der Waals surface area contributed by atoms with Crippen molar-refractivity contribution >= 4 is 16.8 Å². The first-order valence-electron chi connectivity index (χ1n) is 7.80. The van der Waals surface area contributed by atoms with Crippen LogP contribution in [-0.4, -0.2) is 23.1 Å². The third-order valence-corrected chi connectivity index (χ3v) is 4.31. The van der Waals surface area contributed by atoms with Gasteiger partial charge in [0.2, 0.25) is 0 Å². The normalized spacial score (nSPS) is 18.0. The second-order valence-electron chi connectivity index (χ2n) is 5.82. The lowest BCUT2D eigenvalue weighted by molar-refractivity contribution is 0.413. The molecule has 0 radical (unpaired) electrons. The highest BCUT2D eigenvalue weighted by molar-refractivity contribution is 5.72. The highest BCUT2D eigenvalue weighted by Gasteiger charge is 2.25. The van der Waals surface area contributed by atoms with Crippen molar-refractivity contribution in [3.05, 3.63) is 54.2 Å². The van der Waals surface area contributed by atoms with Gasteiger partial charge in [-0.25, -0.2) is 9.97 Å². The molecule has 23 heavy (non-hydrogen) atoms. The van der Waals surface area contributed by atoms with E-state index in [9.17, 15) is 0 Å². The van der Waals surface area contributed by atoms with Crippen molar-refractivity contribution in [3.63, 3.8) is 0 Å². The number of fused-ring (bicyclic) bond motifs is 1. The summed E-state index contributed by atoms with van der Waals surface area (Å²) in [5.74, 6) is 1.10. The van der Waals surface area contributed by atoms with Crippen molar-refractivity contribution in [1.82, 2.24) is 9.97 Å². The van der Waals surface area contributed by atoms with Crippen LogP contribution in [0.15, 0.2) is 47.0 Å². The van der Waals surface area contributed by atoms with Crippen LogP contribution >= 0.6 is 0 Å². The minimum absolute atomic E-state index is 0.284. The van der Waals surface area contributed by atoms with E-state index in [1.807, 2.05) is 30.3 Å². The molecule has 1 aliphatic rings. The van der Waals surface area contributed by atoms with Crippen molar-refractivity contribution in [1.29, 1.82) is 5.26 Å². The van der Waals surface area contributed by atoms with E-state index >= 15 is 0 Å². The molecule has 1 aromatic carbocycles. The molecule has 1 aliphatic heterocycles. The third-order valence-electron chi connectivity index (χ3n) is 4.31. The number of para-hydroxylation sites is 2. The maximum Gasteiger partial charge on any atom is 0.200 e. The third kappa shape index (κ3) is 2.64. The van der Waals surface area contributed by atoms with E-state index in [1.54, 1.807) is 12.3 Å². The van der Waals surface area contributed by atoms with Crippen LogP contribution in [-0.2, 0) is 0 Å². The van der Waals surface area contributed by atoms with Gasteiger partial charge in [-0.3, -0.25) is 0 Å². The van der Waals surface area contributed by atoms with Gasteiger partial charge in [0.05, 0.1) is 17.8 Å². The molecule has 1 atom stereocenters. The van der Waals surface area contributed by atoms with Gasteiger partial charge in [0, 0.05) is 13.1 Å². The molecule has 0 amide bonds. The molecule has 1 unspecified atom stereocenters. The summed E-state index contributed by atoms with van der Waals surface area (Å²) in [6.45, 7) is 1.85. The van der Waals surface area contributed by atoms with Gasteiger partial charge in [0.1, 0.15) is 17.3 Å². The van der Waals surface area contributed by atoms with Crippen LogP contribution in [0.1, 0.15) is 30.3 Å². The van der Waals surface area contributed by atoms with Gasteiger partial charge >= 0.3 is 0 Å². The molecule has 1 saturated heterocycles. The van der Waals surface area contributed by atoms with Crippen LogP contribution in [0.5, 0.6) is 0 Å². The second kappa shape index (κ2) is 5.73.